The Balaban J connectivity index is 2.12. The largest absolute Gasteiger partial charge is 0.566 e. The van der Waals surface area contributed by atoms with Crippen molar-refractivity contribution in [2.24, 2.45) is 0 Å². The molecule has 9 heteroatoms. The van der Waals surface area contributed by atoms with Gasteiger partial charge >= 0.3 is 13.9 Å². The highest BCUT2D eigenvalue weighted by Crippen LogP contribution is 2.21. The van der Waals surface area contributed by atoms with Crippen LogP contribution in [0, 0.1) is 6.92 Å². The van der Waals surface area contributed by atoms with Gasteiger partial charge in [0.25, 0.3) is 5.56 Å². The van der Waals surface area contributed by atoms with Gasteiger partial charge in [-0.25, -0.2) is 4.79 Å². The average molecular weight is 286 g/mol. The van der Waals surface area contributed by atoms with Crippen LogP contribution in [0.2, 0.25) is 0 Å². The Bertz CT molecular complexity index is 634. The minimum Gasteiger partial charge on any atom is -0.566 e. The SMILES string of the molecule is Cc1cn([C@H]2C=C[C@@H](CO[P+](=O)[O-])O2)c(=O)[nH]c1=O. The van der Waals surface area contributed by atoms with E-state index in [2.05, 4.69) is 9.51 Å². The maximum atomic E-state index is 11.6. The maximum Gasteiger partial charge on any atom is 0.488 e. The first-order valence-electron chi connectivity index (χ1n) is 5.40. The zero-order valence-electron chi connectivity index (χ0n) is 9.94. The molecule has 1 aliphatic rings. The van der Waals surface area contributed by atoms with Crippen LogP contribution >= 0.6 is 8.25 Å². The number of nitrogens with one attached hydrogen (secondary N) is 1. The molecule has 0 saturated carbocycles. The van der Waals surface area contributed by atoms with Crippen LogP contribution in [0.15, 0.2) is 27.9 Å². The Morgan fingerprint density at radius 1 is 1.53 bits per heavy atom. The van der Waals surface area contributed by atoms with E-state index in [0.29, 0.717) is 5.56 Å². The highest BCUT2D eigenvalue weighted by Gasteiger charge is 2.23. The number of H-pyrrole nitrogens is 1. The minimum atomic E-state index is -2.93. The summed E-state index contributed by atoms with van der Waals surface area (Å²) in [7, 11) is -2.93. The van der Waals surface area contributed by atoms with Gasteiger partial charge in [-0.15, -0.1) is 4.52 Å². The summed E-state index contributed by atoms with van der Waals surface area (Å²) in [6.07, 6.45) is 3.31. The molecule has 1 aromatic rings. The number of nitrogens with zero attached hydrogens (tertiary/aromatic N) is 1. The highest BCUT2D eigenvalue weighted by atomic mass is 31.1. The molecule has 0 spiro atoms. The number of aryl methyl sites for hydroxylation is 1. The van der Waals surface area contributed by atoms with E-state index >= 15 is 0 Å². The standard InChI is InChI=1S/C10H11N2O6P/c1-6-4-12(10(14)11-9(6)13)8-3-2-7(18-8)5-17-19(15)16/h2-4,7-8H,5H2,1H3,(H,11,13,14)/t7-,8+/m0/s1. The van der Waals surface area contributed by atoms with Gasteiger partial charge in [0, 0.05) is 11.8 Å². The smallest absolute Gasteiger partial charge is 0.488 e. The number of aromatic nitrogens is 2. The molecule has 0 aliphatic carbocycles. The van der Waals surface area contributed by atoms with Gasteiger partial charge in [-0.05, 0) is 17.6 Å². The molecule has 0 fully saturated rings. The first-order valence-corrected chi connectivity index (χ1v) is 6.50. The monoisotopic (exact) mass is 286 g/mol. The molecule has 0 amide bonds. The van der Waals surface area contributed by atoms with Gasteiger partial charge in [0.15, 0.2) is 6.23 Å². The molecule has 1 aromatic heterocycles. The van der Waals surface area contributed by atoms with E-state index in [1.807, 2.05) is 0 Å². The number of hydrogen-bond acceptors (Lipinski definition) is 6. The van der Waals surface area contributed by atoms with Crippen LogP contribution in [0.3, 0.4) is 0 Å². The van der Waals surface area contributed by atoms with Crippen molar-refractivity contribution in [3.05, 3.63) is 44.8 Å². The van der Waals surface area contributed by atoms with Crippen molar-refractivity contribution in [1.82, 2.24) is 9.55 Å². The van der Waals surface area contributed by atoms with E-state index in [1.165, 1.54) is 10.8 Å². The third kappa shape index (κ3) is 3.24. The average Bonchev–Trinajstić information content (AvgIpc) is 2.80. The van der Waals surface area contributed by atoms with Crippen molar-refractivity contribution in [2.45, 2.75) is 19.3 Å². The van der Waals surface area contributed by atoms with Crippen LogP contribution in [-0.2, 0) is 13.8 Å². The molecule has 102 valence electrons. The Morgan fingerprint density at radius 2 is 2.26 bits per heavy atom. The van der Waals surface area contributed by atoms with Gasteiger partial charge in [0.2, 0.25) is 0 Å². The maximum absolute atomic E-state index is 11.6. The van der Waals surface area contributed by atoms with Gasteiger partial charge in [-0.2, -0.15) is 0 Å². The summed E-state index contributed by atoms with van der Waals surface area (Å²) in [5.41, 5.74) is -0.674. The number of aromatic amines is 1. The third-order valence-electron chi connectivity index (χ3n) is 2.57. The Hall–Kier alpha value is -1.60. The number of rotatable bonds is 4. The predicted molar refractivity (Wildman–Crippen MR) is 62.7 cm³/mol. The van der Waals surface area contributed by atoms with Gasteiger partial charge in [-0.1, -0.05) is 6.08 Å². The lowest BCUT2D eigenvalue weighted by Gasteiger charge is -2.15. The summed E-state index contributed by atoms with van der Waals surface area (Å²) < 4.78 is 21.3. The summed E-state index contributed by atoms with van der Waals surface area (Å²) in [5.74, 6) is 0. The van der Waals surface area contributed by atoms with Crippen molar-refractivity contribution in [2.75, 3.05) is 6.61 Å². The van der Waals surface area contributed by atoms with Crippen molar-refractivity contribution < 1.29 is 18.7 Å². The lowest BCUT2D eigenvalue weighted by molar-refractivity contribution is -0.187. The fourth-order valence-corrected chi connectivity index (χ4v) is 1.92. The molecule has 3 atom stereocenters. The summed E-state index contributed by atoms with van der Waals surface area (Å²) in [5, 5.41) is 0. The summed E-state index contributed by atoms with van der Waals surface area (Å²) in [4.78, 5) is 35.3. The van der Waals surface area contributed by atoms with Crippen LogP contribution in [0.4, 0.5) is 0 Å². The fraction of sp³-hybridized carbons (Fsp3) is 0.400. The van der Waals surface area contributed by atoms with E-state index in [9.17, 15) is 19.0 Å². The van der Waals surface area contributed by atoms with E-state index in [-0.39, 0.29) is 6.61 Å². The topological polar surface area (TPSA) is 113 Å². The Morgan fingerprint density at radius 3 is 2.95 bits per heavy atom. The molecule has 8 nitrogen and oxygen atoms in total. The van der Waals surface area contributed by atoms with Crippen LogP contribution in [0.25, 0.3) is 0 Å². The van der Waals surface area contributed by atoms with Crippen molar-refractivity contribution >= 4 is 8.25 Å². The summed E-state index contributed by atoms with van der Waals surface area (Å²) >= 11 is 0. The van der Waals surface area contributed by atoms with E-state index in [4.69, 9.17) is 4.74 Å². The quantitative estimate of drug-likeness (QED) is 0.580. The molecule has 0 radical (unpaired) electrons. The number of hydrogen-bond donors (Lipinski definition) is 1. The molecule has 1 aliphatic heterocycles. The molecular weight excluding hydrogens is 275 g/mol. The van der Waals surface area contributed by atoms with Gasteiger partial charge in [-0.3, -0.25) is 14.3 Å². The molecule has 1 N–H and O–H groups in total. The van der Waals surface area contributed by atoms with E-state index < -0.39 is 31.8 Å². The second-order valence-corrected chi connectivity index (χ2v) is 4.65. The zero-order valence-corrected chi connectivity index (χ0v) is 10.8. The minimum absolute atomic E-state index is 0.150. The van der Waals surface area contributed by atoms with Crippen LogP contribution in [0.1, 0.15) is 11.8 Å². The van der Waals surface area contributed by atoms with Crippen molar-refractivity contribution in [1.29, 1.82) is 0 Å². The molecule has 1 unspecified atom stereocenters. The molecule has 0 saturated heterocycles. The lowest BCUT2D eigenvalue weighted by atomic mass is 10.3. The molecule has 0 bridgehead atoms. The lowest BCUT2D eigenvalue weighted by Crippen LogP contribution is -2.33. The van der Waals surface area contributed by atoms with E-state index in [1.54, 1.807) is 19.1 Å². The van der Waals surface area contributed by atoms with E-state index in [0.717, 1.165) is 0 Å². The number of ether oxygens (including phenoxy) is 1. The molecule has 0 aromatic carbocycles. The molecule has 19 heavy (non-hydrogen) atoms. The summed E-state index contributed by atoms with van der Waals surface area (Å²) in [6.45, 7) is 1.42. The molecule has 2 heterocycles. The fourth-order valence-electron chi connectivity index (χ4n) is 1.65. The zero-order chi connectivity index (χ0) is 14.0. The highest BCUT2D eigenvalue weighted by molar-refractivity contribution is 7.30. The van der Waals surface area contributed by atoms with Crippen LogP contribution in [0.5, 0.6) is 0 Å². The van der Waals surface area contributed by atoms with Crippen molar-refractivity contribution in [3.8, 4) is 0 Å². The van der Waals surface area contributed by atoms with Gasteiger partial charge in [0.1, 0.15) is 12.7 Å². The molecular formula is C10H11N2O6P. The van der Waals surface area contributed by atoms with Crippen LogP contribution in [-0.4, -0.2) is 22.3 Å². The summed E-state index contributed by atoms with van der Waals surface area (Å²) in [6, 6.07) is 0. The first kappa shape index (κ1) is 13.8. The third-order valence-corrected chi connectivity index (χ3v) is 2.93. The first-order chi connectivity index (χ1) is 8.97. The van der Waals surface area contributed by atoms with Gasteiger partial charge < -0.3 is 9.63 Å². The Kier molecular flexibility index (Phi) is 4.06. The molecule has 2 rings (SSSR count). The van der Waals surface area contributed by atoms with Crippen LogP contribution < -0.4 is 16.1 Å². The predicted octanol–water partition coefficient (Wildman–Crippen LogP) is -0.667. The second-order valence-electron chi connectivity index (χ2n) is 3.95. The Labute approximate surface area is 108 Å². The second kappa shape index (κ2) is 5.58. The normalized spacial score (nSPS) is 22.7. The van der Waals surface area contributed by atoms with Crippen molar-refractivity contribution in [3.63, 3.8) is 0 Å². The van der Waals surface area contributed by atoms with Gasteiger partial charge in [0.05, 0.1) is 0 Å².